The summed E-state index contributed by atoms with van der Waals surface area (Å²) in [6.45, 7) is 0.928. The zero-order chi connectivity index (χ0) is 32.0. The molecule has 3 N–H and O–H groups in total. The van der Waals surface area contributed by atoms with Crippen molar-refractivity contribution in [1.29, 1.82) is 0 Å². The summed E-state index contributed by atoms with van der Waals surface area (Å²) in [4.78, 5) is 41.0. The van der Waals surface area contributed by atoms with Gasteiger partial charge in [-0.2, -0.15) is 8.78 Å². The van der Waals surface area contributed by atoms with Gasteiger partial charge in [-0.05, 0) is 79.1 Å². The number of amides is 2. The zero-order valence-corrected chi connectivity index (χ0v) is 25.8. The maximum absolute atomic E-state index is 16.2. The van der Waals surface area contributed by atoms with Gasteiger partial charge in [-0.25, -0.2) is 0 Å². The van der Waals surface area contributed by atoms with Gasteiger partial charge in [0.05, 0.1) is 6.61 Å². The number of ether oxygens (including phenoxy) is 1. The van der Waals surface area contributed by atoms with E-state index in [4.69, 9.17) is 22.1 Å². The van der Waals surface area contributed by atoms with E-state index in [0.717, 1.165) is 18.4 Å². The number of halogens is 3. The van der Waals surface area contributed by atoms with Crippen LogP contribution in [0.15, 0.2) is 72.8 Å². The summed E-state index contributed by atoms with van der Waals surface area (Å²) >= 11 is 5.96. The molecule has 1 aliphatic heterocycles. The number of nitrogens with two attached hydrogens (primary N) is 1. The van der Waals surface area contributed by atoms with Gasteiger partial charge in [-0.15, -0.1) is 0 Å². The van der Waals surface area contributed by atoms with Crippen molar-refractivity contribution in [3.05, 3.63) is 88.9 Å². The highest BCUT2D eigenvalue weighted by atomic mass is 35.5. The number of Topliss-reactive ketones (excluding diaryl/α,β-unsaturated/α-hetero) is 1. The van der Waals surface area contributed by atoms with Crippen LogP contribution in [0.3, 0.4) is 0 Å². The smallest absolute Gasteiger partial charge is 0.302 e. The second kappa shape index (κ2) is 14.5. The molecule has 5 rings (SSSR count). The summed E-state index contributed by atoms with van der Waals surface area (Å²) in [7, 11) is 0. The average Bonchev–Trinajstić information content (AvgIpc) is 3.07. The molecule has 10 heteroatoms. The molecule has 3 aromatic carbocycles. The average molecular weight is 638 g/mol. The van der Waals surface area contributed by atoms with Crippen LogP contribution in [-0.4, -0.2) is 54.3 Å². The number of likely N-dealkylation sites (tertiary alicyclic amines) is 1. The van der Waals surface area contributed by atoms with E-state index in [1.165, 1.54) is 60.6 Å². The summed E-state index contributed by atoms with van der Waals surface area (Å²) in [5.74, 6) is -6.08. The highest BCUT2D eigenvalue weighted by Crippen LogP contribution is 2.35. The molecule has 238 valence electrons. The van der Waals surface area contributed by atoms with E-state index in [1.807, 2.05) is 0 Å². The first-order valence-electron chi connectivity index (χ1n) is 15.5. The van der Waals surface area contributed by atoms with E-state index in [2.05, 4.69) is 5.32 Å². The summed E-state index contributed by atoms with van der Waals surface area (Å²) in [5, 5.41) is 2.64. The Hall–Kier alpha value is -3.82. The van der Waals surface area contributed by atoms with Crippen molar-refractivity contribution in [3.8, 4) is 16.9 Å². The third-order valence-electron chi connectivity index (χ3n) is 8.72. The predicted molar refractivity (Wildman–Crippen MR) is 169 cm³/mol. The Bertz CT molecular complexity index is 1470. The van der Waals surface area contributed by atoms with Crippen LogP contribution >= 0.6 is 11.6 Å². The number of hydrogen-bond acceptors (Lipinski definition) is 5. The van der Waals surface area contributed by atoms with E-state index >= 15 is 8.78 Å². The number of nitrogens with zero attached hydrogens (tertiary/aromatic N) is 1. The van der Waals surface area contributed by atoms with Crippen molar-refractivity contribution in [2.75, 3.05) is 19.7 Å². The maximum atomic E-state index is 16.2. The predicted octanol–water partition coefficient (Wildman–Crippen LogP) is 6.38. The van der Waals surface area contributed by atoms with Gasteiger partial charge in [0, 0.05) is 35.3 Å². The minimum atomic E-state index is -3.83. The Balaban J connectivity index is 1.32. The van der Waals surface area contributed by atoms with Gasteiger partial charge in [-0.3, -0.25) is 14.4 Å². The second-order valence-corrected chi connectivity index (χ2v) is 12.4. The van der Waals surface area contributed by atoms with E-state index in [1.54, 1.807) is 36.4 Å². The van der Waals surface area contributed by atoms with E-state index in [-0.39, 0.29) is 24.7 Å². The van der Waals surface area contributed by atoms with Crippen LogP contribution in [0, 0.1) is 5.92 Å². The topological polar surface area (TPSA) is 102 Å². The summed E-state index contributed by atoms with van der Waals surface area (Å²) in [5.41, 5.74) is 6.93. The van der Waals surface area contributed by atoms with Crippen molar-refractivity contribution in [2.24, 2.45) is 11.7 Å². The summed E-state index contributed by atoms with van der Waals surface area (Å²) < 4.78 is 38.2. The molecule has 2 fully saturated rings. The Morgan fingerprint density at radius 3 is 2.04 bits per heavy atom. The Morgan fingerprint density at radius 2 is 1.44 bits per heavy atom. The fraction of sp³-hybridized carbons (Fsp3) is 0.400. The van der Waals surface area contributed by atoms with Crippen LogP contribution in [0.25, 0.3) is 11.1 Å². The molecule has 1 heterocycles. The molecule has 1 aliphatic carbocycles. The van der Waals surface area contributed by atoms with Crippen molar-refractivity contribution in [1.82, 2.24) is 10.2 Å². The van der Waals surface area contributed by atoms with Crippen molar-refractivity contribution in [3.63, 3.8) is 0 Å². The van der Waals surface area contributed by atoms with Gasteiger partial charge in [0.2, 0.25) is 5.78 Å². The van der Waals surface area contributed by atoms with Crippen LogP contribution in [0.2, 0.25) is 5.02 Å². The molecule has 1 unspecified atom stereocenters. The largest absolute Gasteiger partial charge is 0.493 e. The second-order valence-electron chi connectivity index (χ2n) is 11.9. The van der Waals surface area contributed by atoms with Gasteiger partial charge >= 0.3 is 5.92 Å². The van der Waals surface area contributed by atoms with Crippen LogP contribution < -0.4 is 15.8 Å². The molecule has 0 aromatic heterocycles. The van der Waals surface area contributed by atoms with E-state index in [0.29, 0.717) is 41.7 Å². The van der Waals surface area contributed by atoms with E-state index < -0.39 is 35.1 Å². The van der Waals surface area contributed by atoms with Gasteiger partial charge in [0.25, 0.3) is 11.8 Å². The molecule has 0 bridgehead atoms. The quantitative estimate of drug-likeness (QED) is 0.199. The van der Waals surface area contributed by atoms with Gasteiger partial charge < -0.3 is 20.7 Å². The molecule has 0 spiro atoms. The molecule has 1 atom stereocenters. The molecule has 45 heavy (non-hydrogen) atoms. The highest BCUT2D eigenvalue weighted by molar-refractivity contribution is 6.43. The molecular formula is C35H38ClF2N3O4. The summed E-state index contributed by atoms with van der Waals surface area (Å²) in [6, 6.07) is 16.0. The number of nitrogens with one attached hydrogen (secondary N) is 1. The lowest BCUT2D eigenvalue weighted by atomic mass is 9.90. The van der Waals surface area contributed by atoms with Gasteiger partial charge in [0.1, 0.15) is 5.75 Å². The van der Waals surface area contributed by atoms with Crippen molar-refractivity contribution < 1.29 is 27.9 Å². The number of carbonyl (C=O) groups excluding carboxylic acids is 3. The molecule has 1 saturated carbocycles. The Morgan fingerprint density at radius 1 is 0.867 bits per heavy atom. The van der Waals surface area contributed by atoms with Crippen LogP contribution in [0.1, 0.15) is 60.9 Å². The van der Waals surface area contributed by atoms with E-state index in [9.17, 15) is 14.4 Å². The number of carbonyl (C=O) groups is 3. The van der Waals surface area contributed by atoms with Crippen LogP contribution in [0.5, 0.6) is 5.75 Å². The molecule has 2 aliphatic rings. The lowest BCUT2D eigenvalue weighted by molar-refractivity contribution is -0.149. The minimum absolute atomic E-state index is 0.00305. The first-order valence-corrected chi connectivity index (χ1v) is 15.9. The molecule has 3 aromatic rings. The number of benzene rings is 3. The highest BCUT2D eigenvalue weighted by Gasteiger charge is 2.49. The fourth-order valence-corrected chi connectivity index (χ4v) is 6.03. The summed E-state index contributed by atoms with van der Waals surface area (Å²) in [6.07, 6.45) is 6.77. The molecule has 7 nitrogen and oxygen atoms in total. The number of alkyl halides is 2. The lowest BCUT2D eigenvalue weighted by Gasteiger charge is -2.35. The molecule has 1 saturated heterocycles. The van der Waals surface area contributed by atoms with Gasteiger partial charge in [0.15, 0.2) is 6.04 Å². The normalized spacial score (nSPS) is 17.0. The zero-order valence-electron chi connectivity index (χ0n) is 25.0. The number of piperidine rings is 1. The molecule has 2 amide bonds. The van der Waals surface area contributed by atoms with Crippen molar-refractivity contribution in [2.45, 2.75) is 63.0 Å². The van der Waals surface area contributed by atoms with Crippen molar-refractivity contribution >= 4 is 29.2 Å². The number of rotatable bonds is 10. The minimum Gasteiger partial charge on any atom is -0.493 e. The maximum Gasteiger partial charge on any atom is 0.302 e. The monoisotopic (exact) mass is 637 g/mol. The SMILES string of the molecule is NC1CCN(C(=O)C(NC(=O)C(=O)c2ccc(OCC3CCCCC3)cc2)C(F)(F)c2ccc(-c3ccc(Cl)cc3)cc2)CC1. The first kappa shape index (κ1) is 32.6. The third-order valence-corrected chi connectivity index (χ3v) is 8.97. The molecular weight excluding hydrogens is 600 g/mol. The first-order chi connectivity index (χ1) is 21.6. The number of hydrogen-bond donors (Lipinski definition) is 2. The standard InChI is InChI=1S/C35H38ClF2N3O4/c36-28-14-8-25(9-15-28)24-6-12-27(13-7-24)35(37,38)32(34(44)41-20-18-29(39)19-21-41)40-33(43)31(42)26-10-16-30(17-11-26)45-22-23-4-2-1-3-5-23/h6-17,23,29,32H,1-5,18-22,39H2,(H,40,43). The Kier molecular flexibility index (Phi) is 10.5. The van der Waals surface area contributed by atoms with Crippen LogP contribution in [-0.2, 0) is 15.5 Å². The third kappa shape index (κ3) is 8.07. The fourth-order valence-electron chi connectivity index (χ4n) is 5.90. The lowest BCUT2D eigenvalue weighted by Crippen LogP contribution is -2.59. The number of ketones is 1. The van der Waals surface area contributed by atoms with Crippen LogP contribution in [0.4, 0.5) is 8.78 Å². The van der Waals surface area contributed by atoms with Gasteiger partial charge in [-0.1, -0.05) is 67.3 Å². The molecule has 0 radical (unpaired) electrons. The Labute approximate surface area is 267 Å².